The Hall–Kier alpha value is -3.12. The van der Waals surface area contributed by atoms with Crippen molar-refractivity contribution in [2.24, 2.45) is 0 Å². The van der Waals surface area contributed by atoms with Crippen molar-refractivity contribution < 1.29 is 9.53 Å². The van der Waals surface area contributed by atoms with Gasteiger partial charge in [-0.05, 0) is 36.2 Å². The van der Waals surface area contributed by atoms with Crippen LogP contribution in [0, 0.1) is 0 Å². The van der Waals surface area contributed by atoms with E-state index in [1.54, 1.807) is 7.11 Å². The highest BCUT2D eigenvalue weighted by molar-refractivity contribution is 7.21. The van der Waals surface area contributed by atoms with E-state index < -0.39 is 0 Å². The third-order valence-corrected chi connectivity index (χ3v) is 5.58. The lowest BCUT2D eigenvalue weighted by molar-refractivity contribution is 0.0959. The molecule has 0 radical (unpaired) electrons. The molecule has 0 aliphatic heterocycles. The van der Waals surface area contributed by atoms with Gasteiger partial charge in [0.25, 0.3) is 5.91 Å². The number of aromatic nitrogens is 1. The monoisotopic (exact) mass is 377 g/mol. The number of nitrogen functional groups attached to an aromatic ring is 1. The Bertz CT molecular complexity index is 1120. The largest absolute Gasteiger partial charge is 0.497 e. The second-order valence-electron chi connectivity index (χ2n) is 6.24. The average molecular weight is 377 g/mol. The Labute approximate surface area is 160 Å². The molecule has 0 spiro atoms. The number of thiophene rings is 1. The van der Waals surface area contributed by atoms with Crippen molar-refractivity contribution in [1.29, 1.82) is 0 Å². The molecule has 0 atom stereocenters. The van der Waals surface area contributed by atoms with Crippen LogP contribution in [0.4, 0.5) is 5.69 Å². The Morgan fingerprint density at radius 3 is 2.78 bits per heavy atom. The van der Waals surface area contributed by atoms with Crippen molar-refractivity contribution >= 4 is 44.1 Å². The number of carbonyl (C=O) groups excluding carboxylic acids is 1. The first kappa shape index (κ1) is 17.3. The Kier molecular flexibility index (Phi) is 4.64. The number of nitrogens with one attached hydrogen (secondary N) is 1. The number of nitrogens with two attached hydrogens (primary N) is 1. The molecular formula is C21H19N3O2S. The minimum absolute atomic E-state index is 0.159. The van der Waals surface area contributed by atoms with E-state index in [2.05, 4.69) is 10.3 Å². The standard InChI is InChI=1S/C21H19N3O2S/c1-26-15-7-8-17-14(11-15)12-16-18(22)19(27-21(16)24-17)20(25)23-10-9-13-5-3-2-4-6-13/h2-8,11-12H,9-10,22H2,1H3,(H,23,25). The van der Waals surface area contributed by atoms with Gasteiger partial charge in [-0.1, -0.05) is 30.3 Å². The molecule has 3 N–H and O–H groups in total. The van der Waals surface area contributed by atoms with Crippen LogP contribution >= 0.6 is 11.3 Å². The molecule has 6 heteroatoms. The van der Waals surface area contributed by atoms with Crippen molar-refractivity contribution in [1.82, 2.24) is 10.3 Å². The molecule has 136 valence electrons. The number of anilines is 1. The predicted octanol–water partition coefficient (Wildman–Crippen LogP) is 4.01. The van der Waals surface area contributed by atoms with E-state index in [1.807, 2.05) is 54.6 Å². The Morgan fingerprint density at radius 1 is 1.19 bits per heavy atom. The maximum atomic E-state index is 12.6. The number of pyridine rings is 1. The smallest absolute Gasteiger partial charge is 0.263 e. The fourth-order valence-corrected chi connectivity index (χ4v) is 4.02. The second-order valence-corrected chi connectivity index (χ2v) is 7.24. The van der Waals surface area contributed by atoms with Crippen LogP contribution in [0.25, 0.3) is 21.1 Å². The first-order valence-corrected chi connectivity index (χ1v) is 9.46. The number of rotatable bonds is 5. The number of ether oxygens (including phenoxy) is 1. The van der Waals surface area contributed by atoms with E-state index in [9.17, 15) is 4.79 Å². The summed E-state index contributed by atoms with van der Waals surface area (Å²) in [5.74, 6) is 0.601. The maximum Gasteiger partial charge on any atom is 0.263 e. The maximum absolute atomic E-state index is 12.6. The van der Waals surface area contributed by atoms with Gasteiger partial charge in [0.1, 0.15) is 15.5 Å². The molecule has 2 aromatic heterocycles. The molecule has 4 rings (SSSR count). The van der Waals surface area contributed by atoms with Gasteiger partial charge < -0.3 is 15.8 Å². The minimum atomic E-state index is -0.159. The summed E-state index contributed by atoms with van der Waals surface area (Å²) in [6.07, 6.45) is 0.777. The topological polar surface area (TPSA) is 77.2 Å². The highest BCUT2D eigenvalue weighted by atomic mass is 32.1. The second kappa shape index (κ2) is 7.25. The number of nitrogens with zero attached hydrogens (tertiary/aromatic N) is 1. The van der Waals surface area contributed by atoms with E-state index in [0.717, 1.165) is 33.3 Å². The van der Waals surface area contributed by atoms with Crippen molar-refractivity contribution in [2.75, 3.05) is 19.4 Å². The van der Waals surface area contributed by atoms with Crippen molar-refractivity contribution in [3.8, 4) is 5.75 Å². The minimum Gasteiger partial charge on any atom is -0.497 e. The van der Waals surface area contributed by atoms with Crippen LogP contribution in [0.5, 0.6) is 5.75 Å². The highest BCUT2D eigenvalue weighted by Gasteiger charge is 2.17. The van der Waals surface area contributed by atoms with Crippen molar-refractivity contribution in [3.63, 3.8) is 0 Å². The van der Waals surface area contributed by atoms with E-state index in [0.29, 0.717) is 17.1 Å². The van der Waals surface area contributed by atoms with Crippen LogP contribution in [0.3, 0.4) is 0 Å². The summed E-state index contributed by atoms with van der Waals surface area (Å²) in [5.41, 5.74) is 8.77. The molecule has 0 unspecified atom stereocenters. The summed E-state index contributed by atoms with van der Waals surface area (Å²) in [5, 5.41) is 4.69. The van der Waals surface area contributed by atoms with Gasteiger partial charge in [-0.15, -0.1) is 11.3 Å². The van der Waals surface area contributed by atoms with Crippen LogP contribution in [0.2, 0.25) is 0 Å². The molecule has 2 heterocycles. The van der Waals surface area contributed by atoms with Gasteiger partial charge in [0.2, 0.25) is 0 Å². The zero-order valence-electron chi connectivity index (χ0n) is 14.9. The molecule has 0 aliphatic carbocycles. The average Bonchev–Trinajstić information content (AvgIpc) is 3.02. The van der Waals surface area contributed by atoms with Gasteiger partial charge in [-0.3, -0.25) is 4.79 Å². The summed E-state index contributed by atoms with van der Waals surface area (Å²) in [6, 6.07) is 17.7. The van der Waals surface area contributed by atoms with E-state index in [-0.39, 0.29) is 5.91 Å². The summed E-state index contributed by atoms with van der Waals surface area (Å²) in [4.78, 5) is 18.5. The number of carbonyl (C=O) groups is 1. The lowest BCUT2D eigenvalue weighted by atomic mass is 10.1. The predicted molar refractivity (Wildman–Crippen MR) is 111 cm³/mol. The molecule has 4 aromatic rings. The third-order valence-electron chi connectivity index (χ3n) is 4.47. The van der Waals surface area contributed by atoms with Crippen LogP contribution in [-0.4, -0.2) is 24.5 Å². The molecular weight excluding hydrogens is 358 g/mol. The van der Waals surface area contributed by atoms with Crippen LogP contribution in [0.1, 0.15) is 15.2 Å². The molecule has 0 aliphatic rings. The van der Waals surface area contributed by atoms with Gasteiger partial charge >= 0.3 is 0 Å². The van der Waals surface area contributed by atoms with Gasteiger partial charge in [0, 0.05) is 17.3 Å². The highest BCUT2D eigenvalue weighted by Crippen LogP contribution is 2.35. The van der Waals surface area contributed by atoms with E-state index in [1.165, 1.54) is 16.9 Å². The number of methoxy groups -OCH3 is 1. The molecule has 5 nitrogen and oxygen atoms in total. The molecule has 0 bridgehead atoms. The van der Waals surface area contributed by atoms with E-state index >= 15 is 0 Å². The fraction of sp³-hybridized carbons (Fsp3) is 0.143. The van der Waals surface area contributed by atoms with Crippen LogP contribution in [0.15, 0.2) is 54.6 Å². The Morgan fingerprint density at radius 2 is 2.00 bits per heavy atom. The number of hydrogen-bond donors (Lipinski definition) is 2. The molecule has 0 saturated heterocycles. The summed E-state index contributed by atoms with van der Waals surface area (Å²) < 4.78 is 5.27. The lowest BCUT2D eigenvalue weighted by Gasteiger charge is -2.04. The molecule has 27 heavy (non-hydrogen) atoms. The first-order valence-electron chi connectivity index (χ1n) is 8.64. The molecule has 0 fully saturated rings. The van der Waals surface area contributed by atoms with Crippen LogP contribution in [-0.2, 0) is 6.42 Å². The SMILES string of the molecule is COc1ccc2nc3sc(C(=O)NCCc4ccccc4)c(N)c3cc2c1. The van der Waals surface area contributed by atoms with Gasteiger partial charge in [-0.2, -0.15) is 0 Å². The number of benzene rings is 2. The van der Waals surface area contributed by atoms with Crippen LogP contribution < -0.4 is 15.8 Å². The molecule has 1 amide bonds. The number of amides is 1. The first-order chi connectivity index (χ1) is 13.2. The fourth-order valence-electron chi connectivity index (χ4n) is 3.02. The quantitative estimate of drug-likeness (QED) is 0.551. The zero-order valence-corrected chi connectivity index (χ0v) is 15.7. The van der Waals surface area contributed by atoms with Crippen molar-refractivity contribution in [2.45, 2.75) is 6.42 Å². The normalized spacial score (nSPS) is 11.0. The van der Waals surface area contributed by atoms with Gasteiger partial charge in [0.05, 0.1) is 18.3 Å². The van der Waals surface area contributed by atoms with Gasteiger partial charge in [0.15, 0.2) is 0 Å². The lowest BCUT2D eigenvalue weighted by Crippen LogP contribution is -2.25. The van der Waals surface area contributed by atoms with Gasteiger partial charge in [-0.25, -0.2) is 4.98 Å². The summed E-state index contributed by atoms with van der Waals surface area (Å²) >= 11 is 1.32. The summed E-state index contributed by atoms with van der Waals surface area (Å²) in [7, 11) is 1.63. The number of fused-ring (bicyclic) bond motifs is 2. The molecule has 0 saturated carbocycles. The third kappa shape index (κ3) is 3.44. The Balaban J connectivity index is 1.58. The van der Waals surface area contributed by atoms with E-state index in [4.69, 9.17) is 10.5 Å². The summed E-state index contributed by atoms with van der Waals surface area (Å²) in [6.45, 7) is 0.559. The number of hydrogen-bond acceptors (Lipinski definition) is 5. The van der Waals surface area contributed by atoms with Crippen molar-refractivity contribution in [3.05, 3.63) is 65.0 Å². The molecule has 2 aromatic carbocycles. The zero-order chi connectivity index (χ0) is 18.8.